The first-order chi connectivity index (χ1) is 11.1. The molecular formula is C18H18ClNO3. The lowest BCUT2D eigenvalue weighted by Gasteiger charge is -2.25. The summed E-state index contributed by atoms with van der Waals surface area (Å²) in [6.07, 6.45) is 0.664. The van der Waals surface area contributed by atoms with Crippen LogP contribution in [0.15, 0.2) is 36.4 Å². The number of hydrogen-bond donors (Lipinski definition) is 1. The standard InChI is InChI=1S/C18H18ClNO3/c1-11-7-15(17(22-2)9-14(11)19)20-18(21)13-8-12-5-3-4-6-16(12)23-10-13/h3-7,9,13H,8,10H2,1-2H3,(H,20,21). The minimum Gasteiger partial charge on any atom is -0.495 e. The predicted molar refractivity (Wildman–Crippen MR) is 90.5 cm³/mol. The molecule has 0 bridgehead atoms. The summed E-state index contributed by atoms with van der Waals surface area (Å²) in [5.74, 6) is 1.09. The summed E-state index contributed by atoms with van der Waals surface area (Å²) in [4.78, 5) is 12.6. The van der Waals surface area contributed by atoms with Crippen LogP contribution in [-0.2, 0) is 11.2 Å². The number of anilines is 1. The molecule has 2 aromatic carbocycles. The van der Waals surface area contributed by atoms with E-state index in [0.29, 0.717) is 29.5 Å². The fourth-order valence-corrected chi connectivity index (χ4v) is 2.81. The van der Waals surface area contributed by atoms with Crippen molar-refractivity contribution < 1.29 is 14.3 Å². The van der Waals surface area contributed by atoms with Crippen LogP contribution in [0.25, 0.3) is 0 Å². The molecule has 0 aromatic heterocycles. The molecule has 4 nitrogen and oxygen atoms in total. The Balaban J connectivity index is 1.77. The molecule has 0 saturated heterocycles. The van der Waals surface area contributed by atoms with E-state index in [9.17, 15) is 4.79 Å². The quantitative estimate of drug-likeness (QED) is 0.929. The lowest BCUT2D eigenvalue weighted by molar-refractivity contribution is -0.121. The zero-order valence-electron chi connectivity index (χ0n) is 13.1. The van der Waals surface area contributed by atoms with Crippen molar-refractivity contribution in [3.63, 3.8) is 0 Å². The van der Waals surface area contributed by atoms with Gasteiger partial charge in [0.2, 0.25) is 5.91 Å². The van der Waals surface area contributed by atoms with Crippen molar-refractivity contribution in [3.8, 4) is 11.5 Å². The smallest absolute Gasteiger partial charge is 0.231 e. The van der Waals surface area contributed by atoms with Gasteiger partial charge in [0.1, 0.15) is 18.1 Å². The molecule has 3 rings (SSSR count). The van der Waals surface area contributed by atoms with Gasteiger partial charge in [-0.2, -0.15) is 0 Å². The third kappa shape index (κ3) is 3.27. The largest absolute Gasteiger partial charge is 0.495 e. The van der Waals surface area contributed by atoms with Crippen molar-refractivity contribution in [1.82, 2.24) is 0 Å². The number of fused-ring (bicyclic) bond motifs is 1. The van der Waals surface area contributed by atoms with Gasteiger partial charge in [0.25, 0.3) is 0 Å². The fourth-order valence-electron chi connectivity index (χ4n) is 2.66. The third-order valence-corrected chi connectivity index (χ3v) is 4.40. The molecule has 1 unspecified atom stereocenters. The van der Waals surface area contributed by atoms with E-state index < -0.39 is 0 Å². The van der Waals surface area contributed by atoms with E-state index >= 15 is 0 Å². The predicted octanol–water partition coefficient (Wildman–Crippen LogP) is 3.85. The van der Waals surface area contributed by atoms with E-state index in [2.05, 4.69) is 5.32 Å². The Morgan fingerprint density at radius 1 is 1.35 bits per heavy atom. The van der Waals surface area contributed by atoms with Gasteiger partial charge in [-0.05, 0) is 36.6 Å². The maximum Gasteiger partial charge on any atom is 0.231 e. The van der Waals surface area contributed by atoms with Crippen LogP contribution >= 0.6 is 11.6 Å². The molecule has 120 valence electrons. The molecular weight excluding hydrogens is 314 g/mol. The van der Waals surface area contributed by atoms with Gasteiger partial charge < -0.3 is 14.8 Å². The van der Waals surface area contributed by atoms with Crippen LogP contribution in [0.2, 0.25) is 5.02 Å². The van der Waals surface area contributed by atoms with Gasteiger partial charge in [0.05, 0.1) is 18.7 Å². The Morgan fingerprint density at radius 2 is 2.13 bits per heavy atom. The second-order valence-electron chi connectivity index (χ2n) is 5.61. The van der Waals surface area contributed by atoms with Crippen LogP contribution in [0.5, 0.6) is 11.5 Å². The molecule has 23 heavy (non-hydrogen) atoms. The molecule has 1 N–H and O–H groups in total. The van der Waals surface area contributed by atoms with Crippen molar-refractivity contribution in [2.45, 2.75) is 13.3 Å². The van der Waals surface area contributed by atoms with Crippen molar-refractivity contribution >= 4 is 23.2 Å². The van der Waals surface area contributed by atoms with Gasteiger partial charge in [0.15, 0.2) is 0 Å². The van der Waals surface area contributed by atoms with Gasteiger partial charge in [-0.25, -0.2) is 0 Å². The van der Waals surface area contributed by atoms with Crippen molar-refractivity contribution in [3.05, 3.63) is 52.5 Å². The Kier molecular flexibility index (Phi) is 4.44. The number of carbonyl (C=O) groups is 1. The normalized spacial score (nSPS) is 16.2. The second-order valence-corrected chi connectivity index (χ2v) is 6.02. The van der Waals surface area contributed by atoms with Gasteiger partial charge in [-0.1, -0.05) is 29.8 Å². The molecule has 1 aliphatic rings. The third-order valence-electron chi connectivity index (χ3n) is 3.99. The summed E-state index contributed by atoms with van der Waals surface area (Å²) < 4.78 is 11.0. The summed E-state index contributed by atoms with van der Waals surface area (Å²) >= 11 is 6.09. The number of amides is 1. The van der Waals surface area contributed by atoms with Crippen molar-refractivity contribution in [2.75, 3.05) is 19.0 Å². The van der Waals surface area contributed by atoms with Crippen LogP contribution in [0, 0.1) is 12.8 Å². The molecule has 1 heterocycles. The lowest BCUT2D eigenvalue weighted by Crippen LogP contribution is -2.32. The summed E-state index contributed by atoms with van der Waals surface area (Å²) in [6, 6.07) is 11.3. The highest BCUT2D eigenvalue weighted by atomic mass is 35.5. The summed E-state index contributed by atoms with van der Waals surface area (Å²) in [5.41, 5.74) is 2.56. The number of rotatable bonds is 3. The molecule has 0 aliphatic carbocycles. The van der Waals surface area contributed by atoms with Gasteiger partial charge >= 0.3 is 0 Å². The van der Waals surface area contributed by atoms with E-state index in [1.807, 2.05) is 37.3 Å². The fraction of sp³-hybridized carbons (Fsp3) is 0.278. The Hall–Kier alpha value is -2.20. The van der Waals surface area contributed by atoms with Crippen molar-refractivity contribution in [2.24, 2.45) is 5.92 Å². The lowest BCUT2D eigenvalue weighted by atomic mass is 9.96. The van der Waals surface area contributed by atoms with Crippen LogP contribution in [0.4, 0.5) is 5.69 Å². The first kappa shape index (κ1) is 15.7. The average Bonchev–Trinajstić information content (AvgIpc) is 2.57. The van der Waals surface area contributed by atoms with Crippen molar-refractivity contribution in [1.29, 1.82) is 0 Å². The monoisotopic (exact) mass is 331 g/mol. The highest BCUT2D eigenvalue weighted by molar-refractivity contribution is 6.31. The number of nitrogens with one attached hydrogen (secondary N) is 1. The maximum absolute atomic E-state index is 12.6. The molecule has 0 radical (unpaired) electrons. The molecule has 1 amide bonds. The minimum absolute atomic E-state index is 0.0838. The maximum atomic E-state index is 12.6. The van der Waals surface area contributed by atoms with E-state index in [1.54, 1.807) is 13.2 Å². The van der Waals surface area contributed by atoms with E-state index in [-0.39, 0.29) is 11.8 Å². The molecule has 0 spiro atoms. The zero-order chi connectivity index (χ0) is 16.4. The molecule has 2 aromatic rings. The van der Waals surface area contributed by atoms with Crippen LogP contribution in [0.1, 0.15) is 11.1 Å². The first-order valence-corrected chi connectivity index (χ1v) is 7.82. The number of halogens is 1. The molecule has 5 heteroatoms. The number of carbonyl (C=O) groups excluding carboxylic acids is 1. The highest BCUT2D eigenvalue weighted by Crippen LogP contribution is 2.32. The number of aryl methyl sites for hydroxylation is 1. The molecule has 0 fully saturated rings. The number of benzene rings is 2. The molecule has 1 atom stereocenters. The average molecular weight is 332 g/mol. The molecule has 1 aliphatic heterocycles. The Labute approximate surface area is 140 Å². The SMILES string of the molecule is COc1cc(Cl)c(C)cc1NC(=O)C1COc2ccccc2C1. The molecule has 0 saturated carbocycles. The summed E-state index contributed by atoms with van der Waals surface area (Å²) in [5, 5.41) is 3.53. The first-order valence-electron chi connectivity index (χ1n) is 7.44. The van der Waals surface area contributed by atoms with E-state index in [4.69, 9.17) is 21.1 Å². The summed E-state index contributed by atoms with van der Waals surface area (Å²) in [6.45, 7) is 2.26. The summed E-state index contributed by atoms with van der Waals surface area (Å²) in [7, 11) is 1.55. The van der Waals surface area contributed by atoms with E-state index in [0.717, 1.165) is 16.9 Å². The van der Waals surface area contributed by atoms with Gasteiger partial charge in [-0.3, -0.25) is 4.79 Å². The zero-order valence-corrected chi connectivity index (χ0v) is 13.8. The number of hydrogen-bond acceptors (Lipinski definition) is 3. The van der Waals surface area contributed by atoms with Crippen LogP contribution in [-0.4, -0.2) is 19.6 Å². The Morgan fingerprint density at radius 3 is 2.91 bits per heavy atom. The Bertz CT molecular complexity index is 745. The highest BCUT2D eigenvalue weighted by Gasteiger charge is 2.26. The second kappa shape index (κ2) is 6.50. The van der Waals surface area contributed by atoms with E-state index in [1.165, 1.54) is 0 Å². The van der Waals surface area contributed by atoms with Gasteiger partial charge in [0, 0.05) is 11.1 Å². The number of methoxy groups -OCH3 is 1. The van der Waals surface area contributed by atoms with Gasteiger partial charge in [-0.15, -0.1) is 0 Å². The topological polar surface area (TPSA) is 47.6 Å². The number of para-hydroxylation sites is 1. The minimum atomic E-state index is -0.231. The van der Waals surface area contributed by atoms with Crippen LogP contribution < -0.4 is 14.8 Å². The number of ether oxygens (including phenoxy) is 2. The van der Waals surface area contributed by atoms with Crippen LogP contribution in [0.3, 0.4) is 0 Å².